The number of ether oxygens (including phenoxy) is 2. The van der Waals surface area contributed by atoms with Crippen molar-refractivity contribution in [1.29, 1.82) is 0 Å². The van der Waals surface area contributed by atoms with Crippen LogP contribution in [0, 0.1) is 0 Å². The van der Waals surface area contributed by atoms with Crippen LogP contribution in [0.15, 0.2) is 24.3 Å². The minimum atomic E-state index is -0.129. The van der Waals surface area contributed by atoms with E-state index < -0.39 is 0 Å². The SMILES string of the molecule is COCC(CBr)NC(=O)c1cccc(OC(C)C)c1. The lowest BCUT2D eigenvalue weighted by atomic mass is 10.2. The van der Waals surface area contributed by atoms with Crippen LogP contribution in [0.1, 0.15) is 24.2 Å². The number of benzene rings is 1. The van der Waals surface area contributed by atoms with Crippen LogP contribution in [0.4, 0.5) is 0 Å². The summed E-state index contributed by atoms with van der Waals surface area (Å²) in [6, 6.07) is 7.11. The number of methoxy groups -OCH3 is 1. The topological polar surface area (TPSA) is 47.6 Å². The van der Waals surface area contributed by atoms with Gasteiger partial charge in [-0.15, -0.1) is 0 Å². The average molecular weight is 330 g/mol. The number of hydrogen-bond acceptors (Lipinski definition) is 3. The van der Waals surface area contributed by atoms with E-state index in [1.807, 2.05) is 26.0 Å². The van der Waals surface area contributed by atoms with Crippen LogP contribution in [0.2, 0.25) is 0 Å². The molecule has 1 rings (SSSR count). The van der Waals surface area contributed by atoms with Gasteiger partial charge in [-0.2, -0.15) is 0 Å². The van der Waals surface area contributed by atoms with Crippen LogP contribution < -0.4 is 10.1 Å². The van der Waals surface area contributed by atoms with Gasteiger partial charge < -0.3 is 14.8 Å². The zero-order chi connectivity index (χ0) is 14.3. The molecule has 0 aliphatic carbocycles. The molecule has 0 fully saturated rings. The Balaban J connectivity index is 2.70. The van der Waals surface area contributed by atoms with Gasteiger partial charge in [0.15, 0.2) is 0 Å². The van der Waals surface area contributed by atoms with E-state index in [0.717, 1.165) is 0 Å². The van der Waals surface area contributed by atoms with E-state index in [4.69, 9.17) is 9.47 Å². The van der Waals surface area contributed by atoms with Crippen LogP contribution in [0.25, 0.3) is 0 Å². The van der Waals surface area contributed by atoms with Crippen molar-refractivity contribution < 1.29 is 14.3 Å². The Morgan fingerprint density at radius 2 is 2.16 bits per heavy atom. The van der Waals surface area contributed by atoms with Gasteiger partial charge in [-0.3, -0.25) is 4.79 Å². The van der Waals surface area contributed by atoms with Gasteiger partial charge in [0.05, 0.1) is 18.8 Å². The fourth-order valence-corrected chi connectivity index (χ4v) is 1.93. The van der Waals surface area contributed by atoms with Crippen molar-refractivity contribution in [2.75, 3.05) is 19.0 Å². The molecule has 0 spiro atoms. The molecular formula is C14H20BrNO3. The zero-order valence-corrected chi connectivity index (χ0v) is 13.1. The van der Waals surface area contributed by atoms with Gasteiger partial charge in [0.2, 0.25) is 0 Å². The van der Waals surface area contributed by atoms with Crippen molar-refractivity contribution in [2.24, 2.45) is 0 Å². The van der Waals surface area contributed by atoms with Gasteiger partial charge in [-0.1, -0.05) is 22.0 Å². The monoisotopic (exact) mass is 329 g/mol. The van der Waals surface area contributed by atoms with Crippen LogP contribution in [-0.2, 0) is 4.74 Å². The van der Waals surface area contributed by atoms with Crippen molar-refractivity contribution in [3.8, 4) is 5.75 Å². The van der Waals surface area contributed by atoms with Gasteiger partial charge in [0.1, 0.15) is 5.75 Å². The molecule has 0 bridgehead atoms. The van der Waals surface area contributed by atoms with Crippen molar-refractivity contribution in [3.05, 3.63) is 29.8 Å². The lowest BCUT2D eigenvalue weighted by molar-refractivity contribution is 0.0907. The lowest BCUT2D eigenvalue weighted by Gasteiger charge is -2.16. The first-order chi connectivity index (χ1) is 9.06. The molecule has 0 saturated heterocycles. The van der Waals surface area contributed by atoms with E-state index in [-0.39, 0.29) is 18.1 Å². The number of carbonyl (C=O) groups is 1. The standard InChI is InChI=1S/C14H20BrNO3/c1-10(2)19-13-6-4-5-11(7-13)14(17)16-12(8-15)9-18-3/h4-7,10,12H,8-9H2,1-3H3,(H,16,17). The molecule has 0 saturated carbocycles. The third kappa shape index (κ3) is 5.61. The molecule has 0 aliphatic heterocycles. The van der Waals surface area contributed by atoms with Gasteiger partial charge in [0.25, 0.3) is 5.91 Å². The maximum atomic E-state index is 12.1. The lowest BCUT2D eigenvalue weighted by Crippen LogP contribution is -2.39. The number of carbonyl (C=O) groups excluding carboxylic acids is 1. The highest BCUT2D eigenvalue weighted by Gasteiger charge is 2.13. The third-order valence-electron chi connectivity index (χ3n) is 2.36. The number of halogens is 1. The van der Waals surface area contributed by atoms with E-state index in [1.165, 1.54) is 0 Å². The Morgan fingerprint density at radius 3 is 2.74 bits per heavy atom. The second-order valence-corrected chi connectivity index (χ2v) is 5.12. The summed E-state index contributed by atoms with van der Waals surface area (Å²) in [6.07, 6.45) is 0.0853. The van der Waals surface area contributed by atoms with Gasteiger partial charge >= 0.3 is 0 Å². The molecular weight excluding hydrogens is 310 g/mol. The quantitative estimate of drug-likeness (QED) is 0.782. The molecule has 0 aliphatic rings. The van der Waals surface area contributed by atoms with Gasteiger partial charge in [-0.25, -0.2) is 0 Å². The van der Waals surface area contributed by atoms with E-state index in [2.05, 4.69) is 21.2 Å². The molecule has 0 radical (unpaired) electrons. The van der Waals surface area contributed by atoms with E-state index in [0.29, 0.717) is 23.2 Å². The highest BCUT2D eigenvalue weighted by molar-refractivity contribution is 9.09. The van der Waals surface area contributed by atoms with Crippen molar-refractivity contribution in [1.82, 2.24) is 5.32 Å². The summed E-state index contributed by atoms with van der Waals surface area (Å²) < 4.78 is 10.6. The molecule has 0 aromatic heterocycles. The Hall–Kier alpha value is -1.07. The molecule has 19 heavy (non-hydrogen) atoms. The Morgan fingerprint density at radius 1 is 1.42 bits per heavy atom. The Kier molecular flexibility index (Phi) is 6.87. The van der Waals surface area contributed by atoms with Crippen molar-refractivity contribution in [3.63, 3.8) is 0 Å². The largest absolute Gasteiger partial charge is 0.491 e. The smallest absolute Gasteiger partial charge is 0.251 e. The van der Waals surface area contributed by atoms with Crippen molar-refractivity contribution in [2.45, 2.75) is 26.0 Å². The number of alkyl halides is 1. The molecule has 5 heteroatoms. The summed E-state index contributed by atoms with van der Waals surface area (Å²) >= 11 is 3.35. The fraction of sp³-hybridized carbons (Fsp3) is 0.500. The molecule has 1 N–H and O–H groups in total. The number of nitrogens with one attached hydrogen (secondary N) is 1. The summed E-state index contributed by atoms with van der Waals surface area (Å²) in [4.78, 5) is 12.1. The van der Waals surface area contributed by atoms with Crippen LogP contribution >= 0.6 is 15.9 Å². The molecule has 1 aromatic carbocycles. The summed E-state index contributed by atoms with van der Waals surface area (Å²) in [7, 11) is 1.61. The summed E-state index contributed by atoms with van der Waals surface area (Å²) in [5.41, 5.74) is 0.584. The predicted octanol–water partition coefficient (Wildman–Crippen LogP) is 2.61. The molecule has 1 atom stereocenters. The second-order valence-electron chi connectivity index (χ2n) is 4.47. The summed E-state index contributed by atoms with van der Waals surface area (Å²) in [5, 5.41) is 3.55. The first-order valence-corrected chi connectivity index (χ1v) is 7.31. The number of rotatable bonds is 7. The minimum Gasteiger partial charge on any atom is -0.491 e. The third-order valence-corrected chi connectivity index (χ3v) is 3.14. The molecule has 1 aromatic rings. The second kappa shape index (κ2) is 8.17. The molecule has 0 heterocycles. The summed E-state index contributed by atoms with van der Waals surface area (Å²) in [6.45, 7) is 4.37. The number of amides is 1. The van der Waals surface area contributed by atoms with E-state index in [1.54, 1.807) is 19.2 Å². The average Bonchev–Trinajstić information content (AvgIpc) is 2.37. The first-order valence-electron chi connectivity index (χ1n) is 6.19. The maximum Gasteiger partial charge on any atom is 0.251 e. The first kappa shape index (κ1) is 16.0. The minimum absolute atomic E-state index is 0.0489. The van der Waals surface area contributed by atoms with Gasteiger partial charge in [-0.05, 0) is 32.0 Å². The molecule has 106 valence electrons. The highest BCUT2D eigenvalue weighted by Crippen LogP contribution is 2.15. The summed E-state index contributed by atoms with van der Waals surface area (Å²) in [5.74, 6) is 0.570. The van der Waals surface area contributed by atoms with Gasteiger partial charge in [0, 0.05) is 18.0 Å². The van der Waals surface area contributed by atoms with Crippen molar-refractivity contribution >= 4 is 21.8 Å². The molecule has 1 unspecified atom stereocenters. The number of hydrogen-bond donors (Lipinski definition) is 1. The Labute approximate surface area is 122 Å². The molecule has 1 amide bonds. The van der Waals surface area contributed by atoms with E-state index >= 15 is 0 Å². The predicted molar refractivity (Wildman–Crippen MR) is 79.1 cm³/mol. The van der Waals surface area contributed by atoms with Crippen LogP contribution in [0.5, 0.6) is 5.75 Å². The fourth-order valence-electron chi connectivity index (χ4n) is 1.58. The van der Waals surface area contributed by atoms with Crippen LogP contribution in [-0.4, -0.2) is 37.1 Å². The van der Waals surface area contributed by atoms with Crippen LogP contribution in [0.3, 0.4) is 0 Å². The maximum absolute atomic E-state index is 12.1. The normalized spacial score (nSPS) is 12.3. The highest BCUT2D eigenvalue weighted by atomic mass is 79.9. The van der Waals surface area contributed by atoms with E-state index in [9.17, 15) is 4.79 Å². The molecule has 4 nitrogen and oxygen atoms in total. The Bertz CT molecular complexity index is 409. The zero-order valence-electron chi connectivity index (χ0n) is 11.5.